The maximum atomic E-state index is 13.9. The van der Waals surface area contributed by atoms with Gasteiger partial charge in [0.25, 0.3) is 0 Å². The van der Waals surface area contributed by atoms with Crippen molar-refractivity contribution in [2.45, 2.75) is 77.0 Å². The Morgan fingerprint density at radius 1 is 1.17 bits per heavy atom. The Hall–Kier alpha value is -0.810. The molecule has 7 atom stereocenters. The molecule has 0 heterocycles. The Kier molecular flexibility index (Phi) is 3.31. The number of alkyl halides is 1. The van der Waals surface area contributed by atoms with Gasteiger partial charge in [0.1, 0.15) is 11.8 Å². The van der Waals surface area contributed by atoms with Gasteiger partial charge in [-0.25, -0.2) is 4.39 Å². The zero-order valence-corrected chi connectivity index (χ0v) is 14.4. The fraction of sp³-hybridized carbons (Fsp3) is 0.810. The van der Waals surface area contributed by atoms with Gasteiger partial charge in [0.05, 0.1) is 0 Å². The summed E-state index contributed by atoms with van der Waals surface area (Å²) < 4.78 is 13.9. The van der Waals surface area contributed by atoms with Gasteiger partial charge in [0.2, 0.25) is 0 Å². The van der Waals surface area contributed by atoms with E-state index in [-0.39, 0.29) is 10.8 Å². The van der Waals surface area contributed by atoms with Crippen LogP contribution in [0.4, 0.5) is 4.39 Å². The number of terminal acetylenes is 1. The first kappa shape index (κ1) is 15.7. The number of hydrogen-bond acceptors (Lipinski definition) is 1. The molecule has 0 aromatic heterocycles. The van der Waals surface area contributed by atoms with E-state index in [2.05, 4.69) is 25.8 Å². The van der Waals surface area contributed by atoms with Crippen LogP contribution in [0.1, 0.15) is 65.2 Å². The summed E-state index contributed by atoms with van der Waals surface area (Å²) in [5, 5.41) is 11.0. The fourth-order valence-electron chi connectivity index (χ4n) is 6.87. The summed E-state index contributed by atoms with van der Waals surface area (Å²) in [6, 6.07) is 0. The van der Waals surface area contributed by atoms with Crippen LogP contribution in [0.3, 0.4) is 0 Å². The van der Waals surface area contributed by atoms with Crippen LogP contribution in [-0.2, 0) is 0 Å². The van der Waals surface area contributed by atoms with Gasteiger partial charge in [-0.05, 0) is 68.1 Å². The van der Waals surface area contributed by atoms with Crippen LogP contribution in [0, 0.1) is 40.9 Å². The highest BCUT2D eigenvalue weighted by Gasteiger charge is 2.63. The van der Waals surface area contributed by atoms with Gasteiger partial charge in [-0.3, -0.25) is 0 Å². The van der Waals surface area contributed by atoms with E-state index in [4.69, 9.17) is 6.42 Å². The van der Waals surface area contributed by atoms with Crippen molar-refractivity contribution in [3.63, 3.8) is 0 Å². The van der Waals surface area contributed by atoms with Crippen molar-refractivity contribution in [3.8, 4) is 12.3 Å². The van der Waals surface area contributed by atoms with Crippen LogP contribution in [0.5, 0.6) is 0 Å². The Morgan fingerprint density at radius 3 is 2.65 bits per heavy atom. The molecule has 23 heavy (non-hydrogen) atoms. The van der Waals surface area contributed by atoms with Crippen molar-refractivity contribution in [1.82, 2.24) is 0 Å². The van der Waals surface area contributed by atoms with Gasteiger partial charge in [0, 0.05) is 11.8 Å². The normalized spacial score (nSPS) is 55.2. The molecule has 0 aliphatic heterocycles. The second-order valence-corrected chi connectivity index (χ2v) is 9.10. The summed E-state index contributed by atoms with van der Waals surface area (Å²) in [4.78, 5) is 0. The molecule has 0 aromatic rings. The van der Waals surface area contributed by atoms with Crippen LogP contribution < -0.4 is 0 Å². The molecule has 0 saturated heterocycles. The van der Waals surface area contributed by atoms with E-state index < -0.39 is 11.8 Å². The van der Waals surface area contributed by atoms with Crippen LogP contribution in [0.25, 0.3) is 0 Å². The molecule has 4 aliphatic rings. The van der Waals surface area contributed by atoms with E-state index >= 15 is 0 Å². The Morgan fingerprint density at radius 2 is 1.91 bits per heavy atom. The Bertz CT molecular complexity index is 589. The van der Waals surface area contributed by atoms with E-state index in [0.29, 0.717) is 30.6 Å². The predicted octanol–water partition coefficient (Wildman–Crippen LogP) is 4.65. The number of aliphatic hydroxyl groups is 1. The average Bonchev–Trinajstić information content (AvgIpc) is 2.80. The molecule has 0 amide bonds. The minimum absolute atomic E-state index is 0.137. The molecule has 3 saturated carbocycles. The molecular formula is C21H29FO. The molecular weight excluding hydrogens is 287 g/mol. The lowest BCUT2D eigenvalue weighted by atomic mass is 9.47. The third kappa shape index (κ3) is 1.89. The standard InChI is InChI=1S/C21H29FO/c1-4-21(23)12-9-18-16-6-5-14-13-15(22)7-10-19(14,2)17(16)8-11-20(18,21)3/h1,5,15-18,23H,6-13H2,2-3H3. The minimum atomic E-state index is -0.926. The molecule has 3 fully saturated rings. The monoisotopic (exact) mass is 316 g/mol. The average molecular weight is 316 g/mol. The largest absolute Gasteiger partial charge is 0.377 e. The highest BCUT2D eigenvalue weighted by molar-refractivity contribution is 5.28. The van der Waals surface area contributed by atoms with Gasteiger partial charge >= 0.3 is 0 Å². The SMILES string of the molecule is C#CC1(O)CCC2C3CC=C4CC(F)CCC4(C)C3CCC21C. The highest BCUT2D eigenvalue weighted by atomic mass is 19.1. The van der Waals surface area contributed by atoms with E-state index in [1.807, 2.05) is 0 Å². The van der Waals surface area contributed by atoms with Crippen LogP contribution in [0.2, 0.25) is 0 Å². The van der Waals surface area contributed by atoms with Gasteiger partial charge < -0.3 is 5.11 Å². The van der Waals surface area contributed by atoms with Crippen molar-refractivity contribution in [2.24, 2.45) is 28.6 Å². The van der Waals surface area contributed by atoms with E-state index in [9.17, 15) is 9.50 Å². The molecule has 0 spiro atoms. The number of hydrogen-bond donors (Lipinski definition) is 1. The second-order valence-electron chi connectivity index (χ2n) is 9.10. The number of fused-ring (bicyclic) bond motifs is 5. The van der Waals surface area contributed by atoms with Gasteiger partial charge in [-0.15, -0.1) is 6.42 Å². The molecule has 0 aromatic carbocycles. The van der Waals surface area contributed by atoms with Crippen molar-refractivity contribution in [1.29, 1.82) is 0 Å². The molecule has 2 heteroatoms. The molecule has 1 nitrogen and oxygen atoms in total. The van der Waals surface area contributed by atoms with Crippen molar-refractivity contribution in [3.05, 3.63) is 11.6 Å². The maximum absolute atomic E-state index is 13.9. The van der Waals surface area contributed by atoms with Crippen LogP contribution in [0.15, 0.2) is 11.6 Å². The summed E-state index contributed by atoms with van der Waals surface area (Å²) in [6.07, 6.45) is 14.8. The van der Waals surface area contributed by atoms with E-state index in [1.165, 1.54) is 5.57 Å². The molecule has 7 unspecified atom stereocenters. The number of rotatable bonds is 0. The Balaban J connectivity index is 1.69. The molecule has 126 valence electrons. The first-order valence-corrected chi connectivity index (χ1v) is 9.38. The van der Waals surface area contributed by atoms with E-state index in [0.717, 1.165) is 38.5 Å². The molecule has 0 radical (unpaired) electrons. The van der Waals surface area contributed by atoms with Gasteiger partial charge in [-0.2, -0.15) is 0 Å². The Labute approximate surface area is 139 Å². The number of allylic oxidation sites excluding steroid dienone is 2. The summed E-state index contributed by atoms with van der Waals surface area (Å²) in [5.74, 6) is 4.51. The third-order valence-corrected chi connectivity index (χ3v) is 8.43. The number of halogens is 1. The lowest BCUT2D eigenvalue weighted by Gasteiger charge is -2.58. The molecule has 4 rings (SSSR count). The molecule has 0 bridgehead atoms. The summed E-state index contributed by atoms with van der Waals surface area (Å²) in [6.45, 7) is 4.60. The second kappa shape index (κ2) is 4.85. The smallest absolute Gasteiger partial charge is 0.130 e. The predicted molar refractivity (Wildman–Crippen MR) is 90.4 cm³/mol. The first-order chi connectivity index (χ1) is 10.8. The molecule has 4 aliphatic carbocycles. The summed E-state index contributed by atoms with van der Waals surface area (Å²) in [7, 11) is 0. The van der Waals surface area contributed by atoms with Crippen molar-refractivity contribution >= 4 is 0 Å². The quantitative estimate of drug-likeness (QED) is 0.509. The van der Waals surface area contributed by atoms with E-state index in [1.54, 1.807) is 0 Å². The van der Waals surface area contributed by atoms with Crippen LogP contribution in [-0.4, -0.2) is 16.9 Å². The lowest BCUT2D eigenvalue weighted by Crippen LogP contribution is -2.54. The van der Waals surface area contributed by atoms with Gasteiger partial charge in [-0.1, -0.05) is 31.4 Å². The van der Waals surface area contributed by atoms with Crippen LogP contribution >= 0.6 is 0 Å². The lowest BCUT2D eigenvalue weighted by molar-refractivity contribution is -0.0956. The summed E-state index contributed by atoms with van der Waals surface area (Å²) >= 11 is 0. The summed E-state index contributed by atoms with van der Waals surface area (Å²) in [5.41, 5.74) is 0.502. The zero-order chi connectivity index (χ0) is 16.5. The third-order valence-electron chi connectivity index (χ3n) is 8.43. The van der Waals surface area contributed by atoms with Crippen molar-refractivity contribution in [2.75, 3.05) is 0 Å². The molecule has 1 N–H and O–H groups in total. The van der Waals surface area contributed by atoms with Crippen molar-refractivity contribution < 1.29 is 9.50 Å². The minimum Gasteiger partial charge on any atom is -0.377 e. The zero-order valence-electron chi connectivity index (χ0n) is 14.4. The highest BCUT2D eigenvalue weighted by Crippen LogP contribution is 2.67. The fourth-order valence-corrected chi connectivity index (χ4v) is 6.87. The topological polar surface area (TPSA) is 20.2 Å². The first-order valence-electron chi connectivity index (χ1n) is 9.38. The van der Waals surface area contributed by atoms with Gasteiger partial charge in [0.15, 0.2) is 0 Å². The maximum Gasteiger partial charge on any atom is 0.130 e.